The third-order valence-corrected chi connectivity index (χ3v) is 2.36. The van der Waals surface area contributed by atoms with Crippen LogP contribution < -0.4 is 16.2 Å². The van der Waals surface area contributed by atoms with Gasteiger partial charge in [-0.05, 0) is 30.8 Å². The second kappa shape index (κ2) is 4.84. The predicted molar refractivity (Wildman–Crippen MR) is 63.5 cm³/mol. The van der Waals surface area contributed by atoms with Crippen molar-refractivity contribution < 1.29 is 4.74 Å². The molecule has 3 N–H and O–H groups in total. The van der Waals surface area contributed by atoms with Gasteiger partial charge in [0.1, 0.15) is 11.6 Å². The van der Waals surface area contributed by atoms with Crippen molar-refractivity contribution in [2.75, 3.05) is 13.7 Å². The first kappa shape index (κ1) is 11.4. The van der Waals surface area contributed by atoms with Crippen LogP contribution in [0.25, 0.3) is 5.69 Å². The number of nitrogens with two attached hydrogens (primary N) is 1. The molecule has 0 atom stereocenters. The summed E-state index contributed by atoms with van der Waals surface area (Å²) in [5, 5.41) is 4.15. The lowest BCUT2D eigenvalue weighted by atomic mass is 10.3. The van der Waals surface area contributed by atoms with E-state index in [9.17, 15) is 4.79 Å². The lowest BCUT2D eigenvalue weighted by molar-refractivity contribution is 0.414. The van der Waals surface area contributed by atoms with Gasteiger partial charge in [0.15, 0.2) is 0 Å². The van der Waals surface area contributed by atoms with Crippen LogP contribution in [0, 0.1) is 0 Å². The summed E-state index contributed by atoms with van der Waals surface area (Å²) in [7, 11) is 1.59. The van der Waals surface area contributed by atoms with Gasteiger partial charge in [-0.25, -0.2) is 4.79 Å². The molecule has 0 unspecified atom stereocenters. The fraction of sp³-hybridized carbons (Fsp3) is 0.273. The number of nitrogens with one attached hydrogen (secondary N) is 1. The van der Waals surface area contributed by atoms with Gasteiger partial charge in [-0.1, -0.05) is 0 Å². The molecule has 0 bridgehead atoms. The van der Waals surface area contributed by atoms with Gasteiger partial charge in [0.25, 0.3) is 0 Å². The van der Waals surface area contributed by atoms with Gasteiger partial charge in [-0.3, -0.25) is 4.98 Å². The summed E-state index contributed by atoms with van der Waals surface area (Å²) in [6, 6.07) is 7.10. The Bertz CT molecular complexity index is 541. The highest BCUT2D eigenvalue weighted by Crippen LogP contribution is 2.12. The van der Waals surface area contributed by atoms with Gasteiger partial charge in [0.05, 0.1) is 12.8 Å². The van der Waals surface area contributed by atoms with Crippen LogP contribution in [0.2, 0.25) is 0 Å². The molecule has 1 aromatic carbocycles. The second-order valence-corrected chi connectivity index (χ2v) is 3.53. The minimum Gasteiger partial charge on any atom is -0.497 e. The molecule has 0 fully saturated rings. The first-order chi connectivity index (χ1) is 8.24. The third kappa shape index (κ3) is 2.36. The maximum Gasteiger partial charge on any atom is 0.348 e. The summed E-state index contributed by atoms with van der Waals surface area (Å²) in [5.74, 6) is 1.33. The summed E-state index contributed by atoms with van der Waals surface area (Å²) in [4.78, 5) is 14.3. The van der Waals surface area contributed by atoms with Crippen LogP contribution in [0.1, 0.15) is 5.82 Å². The highest BCUT2D eigenvalue weighted by atomic mass is 16.5. The Morgan fingerprint density at radius 3 is 2.71 bits per heavy atom. The Morgan fingerprint density at radius 1 is 1.41 bits per heavy atom. The lowest BCUT2D eigenvalue weighted by Gasteiger charge is -2.01. The van der Waals surface area contributed by atoms with Gasteiger partial charge in [-0.2, -0.15) is 9.78 Å². The third-order valence-electron chi connectivity index (χ3n) is 2.36. The van der Waals surface area contributed by atoms with Crippen LogP contribution >= 0.6 is 0 Å². The van der Waals surface area contributed by atoms with E-state index in [4.69, 9.17) is 10.5 Å². The molecular weight excluding hydrogens is 220 g/mol. The van der Waals surface area contributed by atoms with Gasteiger partial charge >= 0.3 is 5.69 Å². The molecule has 0 aliphatic carbocycles. The first-order valence-corrected chi connectivity index (χ1v) is 5.27. The number of aromatic nitrogens is 3. The van der Waals surface area contributed by atoms with Gasteiger partial charge < -0.3 is 10.5 Å². The molecule has 0 amide bonds. The highest BCUT2D eigenvalue weighted by molar-refractivity contribution is 5.36. The molecule has 0 aliphatic rings. The number of benzene rings is 1. The number of ether oxygens (including phenoxy) is 1. The van der Waals surface area contributed by atoms with Crippen molar-refractivity contribution in [2.24, 2.45) is 5.73 Å². The Labute approximate surface area is 98.0 Å². The van der Waals surface area contributed by atoms with E-state index in [1.165, 1.54) is 4.68 Å². The molecule has 0 saturated heterocycles. The maximum absolute atomic E-state index is 11.6. The number of hydrogen-bond donors (Lipinski definition) is 2. The van der Waals surface area contributed by atoms with E-state index in [2.05, 4.69) is 10.1 Å². The Morgan fingerprint density at radius 2 is 2.12 bits per heavy atom. The second-order valence-electron chi connectivity index (χ2n) is 3.53. The molecule has 6 heteroatoms. The van der Waals surface area contributed by atoms with Crippen LogP contribution in [-0.4, -0.2) is 28.4 Å². The first-order valence-electron chi connectivity index (χ1n) is 5.27. The number of rotatable bonds is 4. The van der Waals surface area contributed by atoms with Crippen molar-refractivity contribution in [1.29, 1.82) is 0 Å². The van der Waals surface area contributed by atoms with Crippen LogP contribution in [-0.2, 0) is 6.42 Å². The summed E-state index contributed by atoms with van der Waals surface area (Å²) < 4.78 is 6.36. The zero-order chi connectivity index (χ0) is 12.3. The fourth-order valence-corrected chi connectivity index (χ4v) is 1.52. The monoisotopic (exact) mass is 234 g/mol. The molecule has 2 rings (SSSR count). The van der Waals surface area contributed by atoms with Crippen molar-refractivity contribution in [3.63, 3.8) is 0 Å². The maximum atomic E-state index is 11.6. The van der Waals surface area contributed by atoms with E-state index in [0.717, 1.165) is 5.75 Å². The minimum atomic E-state index is -0.265. The molecule has 0 spiro atoms. The average molecular weight is 234 g/mol. The van der Waals surface area contributed by atoms with Gasteiger partial charge in [-0.15, -0.1) is 0 Å². The highest BCUT2D eigenvalue weighted by Gasteiger charge is 2.06. The molecule has 0 radical (unpaired) electrons. The Hall–Kier alpha value is -2.08. The van der Waals surface area contributed by atoms with E-state index >= 15 is 0 Å². The summed E-state index contributed by atoms with van der Waals surface area (Å²) in [6.45, 7) is 0.454. The Kier molecular flexibility index (Phi) is 3.24. The molecular formula is C11H14N4O2. The van der Waals surface area contributed by atoms with E-state index in [1.807, 2.05) is 0 Å². The van der Waals surface area contributed by atoms with Crippen LogP contribution in [0.5, 0.6) is 5.75 Å². The molecule has 0 saturated carbocycles. The van der Waals surface area contributed by atoms with Crippen LogP contribution in [0.15, 0.2) is 29.1 Å². The number of H-pyrrole nitrogens is 1. The lowest BCUT2D eigenvalue weighted by Crippen LogP contribution is -2.15. The normalized spacial score (nSPS) is 10.5. The standard InChI is InChI=1S/C11H14N4O2/c1-17-9-4-2-8(3-5-9)15-11(16)13-10(14-15)6-7-12/h2-5H,6-7,12H2,1H3,(H,13,14,16). The fourth-order valence-electron chi connectivity index (χ4n) is 1.52. The smallest absolute Gasteiger partial charge is 0.348 e. The summed E-state index contributed by atoms with van der Waals surface area (Å²) in [5.41, 5.74) is 5.83. The topological polar surface area (TPSA) is 85.9 Å². The van der Waals surface area contributed by atoms with E-state index in [0.29, 0.717) is 24.5 Å². The molecule has 0 aliphatic heterocycles. The van der Waals surface area contributed by atoms with Crippen molar-refractivity contribution >= 4 is 0 Å². The predicted octanol–water partition coefficient (Wildman–Crippen LogP) is 0.0704. The zero-order valence-electron chi connectivity index (χ0n) is 9.51. The Balaban J connectivity index is 2.35. The number of hydrogen-bond acceptors (Lipinski definition) is 4. The number of methoxy groups -OCH3 is 1. The van der Waals surface area contributed by atoms with Gasteiger partial charge in [0, 0.05) is 6.42 Å². The minimum absolute atomic E-state index is 0.265. The van der Waals surface area contributed by atoms with Crippen molar-refractivity contribution in [1.82, 2.24) is 14.8 Å². The summed E-state index contributed by atoms with van der Waals surface area (Å²) in [6.07, 6.45) is 0.554. The van der Waals surface area contributed by atoms with Crippen molar-refractivity contribution in [2.45, 2.75) is 6.42 Å². The van der Waals surface area contributed by atoms with Gasteiger partial charge in [0.2, 0.25) is 0 Å². The van der Waals surface area contributed by atoms with Crippen molar-refractivity contribution in [3.8, 4) is 11.4 Å². The molecule has 90 valence electrons. The van der Waals surface area contributed by atoms with E-state index < -0.39 is 0 Å². The SMILES string of the molecule is COc1ccc(-n2nc(CCN)[nH]c2=O)cc1. The number of nitrogens with zero attached hydrogens (tertiary/aromatic N) is 2. The van der Waals surface area contributed by atoms with Crippen molar-refractivity contribution in [3.05, 3.63) is 40.6 Å². The molecule has 1 heterocycles. The quantitative estimate of drug-likeness (QED) is 0.783. The van der Waals surface area contributed by atoms with Crippen LogP contribution in [0.4, 0.5) is 0 Å². The molecule has 6 nitrogen and oxygen atoms in total. The summed E-state index contributed by atoms with van der Waals surface area (Å²) >= 11 is 0. The zero-order valence-corrected chi connectivity index (χ0v) is 9.51. The van der Waals surface area contributed by atoms with E-state index in [-0.39, 0.29) is 5.69 Å². The largest absolute Gasteiger partial charge is 0.497 e. The number of aromatic amines is 1. The van der Waals surface area contributed by atoms with Crippen LogP contribution in [0.3, 0.4) is 0 Å². The molecule has 1 aromatic heterocycles. The van der Waals surface area contributed by atoms with E-state index in [1.54, 1.807) is 31.4 Å². The molecule has 2 aromatic rings. The average Bonchev–Trinajstić information content (AvgIpc) is 2.71. The molecule has 17 heavy (non-hydrogen) atoms.